The average Bonchev–Trinajstić information content (AvgIpc) is 3.55. The molecule has 3 aliphatic rings. The minimum Gasteiger partial charge on any atom is -0.493 e. The number of likely N-dealkylation sites (tertiary alicyclic amines) is 1. The van der Waals surface area contributed by atoms with Crippen LogP contribution in [0.25, 0.3) is 0 Å². The molecule has 2 bridgehead atoms. The number of nitrogens with one attached hydrogen (secondary N) is 1. The van der Waals surface area contributed by atoms with Gasteiger partial charge in [0, 0.05) is 51.5 Å². The summed E-state index contributed by atoms with van der Waals surface area (Å²) in [6, 6.07) is 16.8. The molecule has 2 aromatic rings. The van der Waals surface area contributed by atoms with Gasteiger partial charge in [-0.3, -0.25) is 9.69 Å². The Morgan fingerprint density at radius 2 is 1.91 bits per heavy atom. The van der Waals surface area contributed by atoms with Crippen molar-refractivity contribution in [1.82, 2.24) is 4.90 Å². The number of nitrogens with zero attached hydrogens (tertiary/aromatic N) is 2. The van der Waals surface area contributed by atoms with Gasteiger partial charge in [0.1, 0.15) is 5.75 Å². The molecule has 3 heterocycles. The SMILES string of the molecule is CC(C)COc1ccc(C(=O)Nc2ccc(N3CCC(N4CC5CC4CO5)C3)cc2)cc1.[HH].[HH]. The fourth-order valence-electron chi connectivity index (χ4n) is 5.05. The second-order valence-electron chi connectivity index (χ2n) is 9.66. The highest BCUT2D eigenvalue weighted by Gasteiger charge is 2.43. The maximum atomic E-state index is 12.6. The summed E-state index contributed by atoms with van der Waals surface area (Å²) in [5.74, 6) is 1.15. The fraction of sp³-hybridized carbons (Fsp3) is 0.500. The highest BCUT2D eigenvalue weighted by molar-refractivity contribution is 6.04. The molecule has 3 fully saturated rings. The van der Waals surface area contributed by atoms with Gasteiger partial charge in [-0.1, -0.05) is 13.8 Å². The number of morpholine rings is 1. The van der Waals surface area contributed by atoms with Gasteiger partial charge in [-0.25, -0.2) is 0 Å². The standard InChI is InChI=1S/C26H33N3O3.2H2/c1-18(2)16-31-24-9-3-19(4-10-24)26(30)27-20-5-7-21(8-6-20)28-12-11-22(14-28)29-15-25-13-23(29)17-32-25;;/h3-10,18,22-23,25H,11-17H2,1-2H3,(H,27,30);2*1H. The molecule has 5 rings (SSSR count). The van der Waals surface area contributed by atoms with Crippen molar-refractivity contribution in [2.45, 2.75) is 44.9 Å². The minimum absolute atomic E-state index is 0. The Morgan fingerprint density at radius 1 is 1.12 bits per heavy atom. The predicted octanol–water partition coefficient (Wildman–Crippen LogP) is 4.52. The van der Waals surface area contributed by atoms with E-state index in [1.54, 1.807) is 12.1 Å². The highest BCUT2D eigenvalue weighted by atomic mass is 16.5. The highest BCUT2D eigenvalue weighted by Crippen LogP contribution is 2.33. The number of hydrogen-bond acceptors (Lipinski definition) is 5. The minimum atomic E-state index is -0.110. The van der Waals surface area contributed by atoms with E-state index in [2.05, 4.69) is 41.1 Å². The van der Waals surface area contributed by atoms with Crippen LogP contribution in [0.3, 0.4) is 0 Å². The Morgan fingerprint density at radius 3 is 2.56 bits per heavy atom. The van der Waals surface area contributed by atoms with Gasteiger partial charge in [0.2, 0.25) is 0 Å². The third-order valence-electron chi connectivity index (χ3n) is 6.77. The van der Waals surface area contributed by atoms with Crippen molar-refractivity contribution in [3.63, 3.8) is 0 Å². The number of carbonyl (C=O) groups excluding carboxylic acids is 1. The maximum absolute atomic E-state index is 12.6. The smallest absolute Gasteiger partial charge is 0.255 e. The van der Waals surface area contributed by atoms with Gasteiger partial charge in [0.15, 0.2) is 0 Å². The maximum Gasteiger partial charge on any atom is 0.255 e. The van der Waals surface area contributed by atoms with Gasteiger partial charge < -0.3 is 19.7 Å². The summed E-state index contributed by atoms with van der Waals surface area (Å²) in [6.45, 7) is 9.05. The summed E-state index contributed by atoms with van der Waals surface area (Å²) in [6.07, 6.45) is 2.87. The topological polar surface area (TPSA) is 54.0 Å². The molecule has 2 aromatic carbocycles. The van der Waals surface area contributed by atoms with E-state index in [1.165, 1.54) is 18.5 Å². The number of anilines is 2. The Bertz CT molecular complexity index is 939. The van der Waals surface area contributed by atoms with Crippen LogP contribution in [0, 0.1) is 5.92 Å². The Hall–Kier alpha value is -2.57. The quantitative estimate of drug-likeness (QED) is 0.688. The number of amides is 1. The number of hydrogen-bond donors (Lipinski definition) is 1. The third-order valence-corrected chi connectivity index (χ3v) is 6.77. The molecule has 3 atom stereocenters. The van der Waals surface area contributed by atoms with Crippen molar-refractivity contribution in [2.24, 2.45) is 5.92 Å². The van der Waals surface area contributed by atoms with Crippen molar-refractivity contribution >= 4 is 17.3 Å². The summed E-state index contributed by atoms with van der Waals surface area (Å²) in [5.41, 5.74) is 2.65. The van der Waals surface area contributed by atoms with Crippen molar-refractivity contribution in [3.8, 4) is 5.75 Å². The van der Waals surface area contributed by atoms with Crippen LogP contribution in [0.1, 0.15) is 39.9 Å². The van der Waals surface area contributed by atoms with Gasteiger partial charge in [0.05, 0.1) is 19.3 Å². The molecule has 0 spiro atoms. The van der Waals surface area contributed by atoms with Gasteiger partial charge in [-0.2, -0.15) is 0 Å². The van der Waals surface area contributed by atoms with Gasteiger partial charge in [0.25, 0.3) is 5.91 Å². The third kappa shape index (κ3) is 4.62. The van der Waals surface area contributed by atoms with Crippen molar-refractivity contribution < 1.29 is 17.1 Å². The first-order valence-electron chi connectivity index (χ1n) is 11.8. The average molecular weight is 440 g/mol. The van der Waals surface area contributed by atoms with Crippen LogP contribution in [0.2, 0.25) is 0 Å². The number of rotatable bonds is 7. The lowest BCUT2D eigenvalue weighted by atomic mass is 10.2. The molecule has 0 aliphatic carbocycles. The molecule has 1 amide bonds. The Balaban J connectivity index is 0.00000162. The number of benzene rings is 2. The lowest BCUT2D eigenvalue weighted by Crippen LogP contribution is -2.45. The van der Waals surface area contributed by atoms with E-state index >= 15 is 0 Å². The summed E-state index contributed by atoms with van der Waals surface area (Å²) in [4.78, 5) is 17.7. The van der Waals surface area contributed by atoms with Crippen LogP contribution in [0.5, 0.6) is 5.75 Å². The summed E-state index contributed by atoms with van der Waals surface area (Å²) in [5, 5.41) is 3.00. The molecule has 0 saturated carbocycles. The monoisotopic (exact) mass is 439 g/mol. The molecular weight excluding hydrogens is 402 g/mol. The molecule has 6 heteroatoms. The zero-order chi connectivity index (χ0) is 22.1. The molecule has 3 saturated heterocycles. The van der Waals surface area contributed by atoms with Crippen LogP contribution in [-0.4, -0.2) is 61.8 Å². The van der Waals surface area contributed by atoms with Crippen molar-refractivity contribution in [2.75, 3.05) is 43.1 Å². The fourth-order valence-corrected chi connectivity index (χ4v) is 5.05. The van der Waals surface area contributed by atoms with Crippen LogP contribution < -0.4 is 15.0 Å². The predicted molar refractivity (Wildman–Crippen MR) is 131 cm³/mol. The zero-order valence-corrected chi connectivity index (χ0v) is 19.0. The van der Waals surface area contributed by atoms with Crippen molar-refractivity contribution in [1.29, 1.82) is 0 Å². The van der Waals surface area contributed by atoms with E-state index in [-0.39, 0.29) is 8.76 Å². The lowest BCUT2D eigenvalue weighted by molar-refractivity contribution is 0.0153. The molecule has 0 radical (unpaired) electrons. The van der Waals surface area contributed by atoms with Gasteiger partial charge in [-0.05, 0) is 67.3 Å². The van der Waals surface area contributed by atoms with E-state index in [4.69, 9.17) is 9.47 Å². The summed E-state index contributed by atoms with van der Waals surface area (Å²) in [7, 11) is 0. The first-order valence-corrected chi connectivity index (χ1v) is 11.8. The van der Waals surface area contributed by atoms with Crippen LogP contribution in [0.15, 0.2) is 48.5 Å². The molecule has 174 valence electrons. The largest absolute Gasteiger partial charge is 0.493 e. The molecule has 1 N–H and O–H groups in total. The molecule has 6 nitrogen and oxygen atoms in total. The number of carbonyl (C=O) groups is 1. The second kappa shape index (κ2) is 9.12. The van der Waals surface area contributed by atoms with Crippen LogP contribution >= 0.6 is 0 Å². The van der Waals surface area contributed by atoms with Crippen LogP contribution in [0.4, 0.5) is 11.4 Å². The first-order chi connectivity index (χ1) is 15.5. The number of fused-ring (bicyclic) bond motifs is 2. The first kappa shape index (κ1) is 21.3. The van der Waals surface area contributed by atoms with Gasteiger partial charge in [-0.15, -0.1) is 0 Å². The lowest BCUT2D eigenvalue weighted by Gasteiger charge is -2.32. The zero-order valence-electron chi connectivity index (χ0n) is 19.0. The molecular formula is C26H37N3O3. The molecule has 0 aromatic heterocycles. The molecule has 32 heavy (non-hydrogen) atoms. The molecule has 3 aliphatic heterocycles. The van der Waals surface area contributed by atoms with E-state index in [9.17, 15) is 4.79 Å². The van der Waals surface area contributed by atoms with E-state index < -0.39 is 0 Å². The van der Waals surface area contributed by atoms with E-state index in [1.807, 2.05) is 24.3 Å². The summed E-state index contributed by atoms with van der Waals surface area (Å²) < 4.78 is 11.5. The Labute approximate surface area is 193 Å². The normalized spacial score (nSPS) is 25.0. The number of ether oxygens (including phenoxy) is 2. The van der Waals surface area contributed by atoms with Crippen molar-refractivity contribution in [3.05, 3.63) is 54.1 Å². The van der Waals surface area contributed by atoms with Crippen LogP contribution in [-0.2, 0) is 4.74 Å². The van der Waals surface area contributed by atoms with E-state index in [0.29, 0.717) is 36.3 Å². The summed E-state index contributed by atoms with van der Waals surface area (Å²) >= 11 is 0. The van der Waals surface area contributed by atoms with E-state index in [0.717, 1.165) is 37.7 Å². The second-order valence-corrected chi connectivity index (χ2v) is 9.66. The van der Waals surface area contributed by atoms with Gasteiger partial charge >= 0.3 is 0 Å². The molecule has 3 unspecified atom stereocenters. The Kier molecular flexibility index (Phi) is 6.07.